The first-order valence-corrected chi connectivity index (χ1v) is 6.31. The predicted molar refractivity (Wildman–Crippen MR) is 57.6 cm³/mol. The van der Waals surface area contributed by atoms with Gasteiger partial charge in [-0.3, -0.25) is 0 Å². The van der Waals surface area contributed by atoms with Crippen LogP contribution in [-0.2, 0) is 10.0 Å². The number of unbranched alkanes of at least 4 members (excludes halogenated alkanes) is 2. The van der Waals surface area contributed by atoms with Gasteiger partial charge < -0.3 is 5.11 Å². The Bertz CT molecular complexity index is 249. The Kier molecular flexibility index (Phi) is 6.78. The van der Waals surface area contributed by atoms with Crippen LogP contribution in [0.25, 0.3) is 0 Å². The second-order valence-electron chi connectivity index (χ2n) is 3.17. The molecule has 14 heavy (non-hydrogen) atoms. The lowest BCUT2D eigenvalue weighted by molar-refractivity contribution is 0.281. The SMILES string of the molecule is C=CCS(=O)(=O)N(C)CCCCCO. The van der Waals surface area contributed by atoms with Gasteiger partial charge in [-0.25, -0.2) is 12.7 Å². The summed E-state index contributed by atoms with van der Waals surface area (Å²) in [6, 6.07) is 0. The summed E-state index contributed by atoms with van der Waals surface area (Å²) in [5.41, 5.74) is 0. The van der Waals surface area contributed by atoms with Crippen molar-refractivity contribution < 1.29 is 13.5 Å². The third-order valence-corrected chi connectivity index (χ3v) is 3.72. The van der Waals surface area contributed by atoms with E-state index in [2.05, 4.69) is 6.58 Å². The van der Waals surface area contributed by atoms with Crippen molar-refractivity contribution in [1.29, 1.82) is 0 Å². The van der Waals surface area contributed by atoms with Crippen LogP contribution in [-0.4, -0.2) is 43.8 Å². The van der Waals surface area contributed by atoms with Gasteiger partial charge in [0.25, 0.3) is 0 Å². The molecule has 1 N–H and O–H groups in total. The molecule has 0 fully saturated rings. The van der Waals surface area contributed by atoms with Crippen molar-refractivity contribution >= 4 is 10.0 Å². The second kappa shape index (κ2) is 6.98. The minimum absolute atomic E-state index is 0.0104. The molecule has 0 bridgehead atoms. The maximum Gasteiger partial charge on any atom is 0.217 e. The van der Waals surface area contributed by atoms with E-state index in [0.717, 1.165) is 19.3 Å². The van der Waals surface area contributed by atoms with Crippen LogP contribution >= 0.6 is 0 Å². The van der Waals surface area contributed by atoms with Gasteiger partial charge in [0.05, 0.1) is 5.75 Å². The lowest BCUT2D eigenvalue weighted by Gasteiger charge is -2.15. The van der Waals surface area contributed by atoms with Crippen molar-refractivity contribution in [2.45, 2.75) is 19.3 Å². The fourth-order valence-electron chi connectivity index (χ4n) is 1.04. The molecule has 0 aromatic heterocycles. The van der Waals surface area contributed by atoms with E-state index in [9.17, 15) is 8.42 Å². The van der Waals surface area contributed by atoms with Crippen LogP contribution in [0, 0.1) is 0 Å². The summed E-state index contributed by atoms with van der Waals surface area (Å²) < 4.78 is 24.1. The average Bonchev–Trinajstić information content (AvgIpc) is 2.12. The van der Waals surface area contributed by atoms with Gasteiger partial charge in [0.15, 0.2) is 0 Å². The van der Waals surface area contributed by atoms with Gasteiger partial charge in [0, 0.05) is 20.2 Å². The highest BCUT2D eigenvalue weighted by molar-refractivity contribution is 7.89. The van der Waals surface area contributed by atoms with Crippen molar-refractivity contribution in [3.05, 3.63) is 12.7 Å². The Balaban J connectivity index is 3.83. The quantitative estimate of drug-likeness (QED) is 0.482. The molecule has 0 aliphatic carbocycles. The first-order valence-electron chi connectivity index (χ1n) is 4.70. The van der Waals surface area contributed by atoms with Gasteiger partial charge in [0.2, 0.25) is 10.0 Å². The van der Waals surface area contributed by atoms with Crippen LogP contribution in [0.3, 0.4) is 0 Å². The molecular formula is C9H19NO3S. The normalized spacial score (nSPS) is 11.9. The van der Waals surface area contributed by atoms with Gasteiger partial charge >= 0.3 is 0 Å². The molecule has 0 rings (SSSR count). The van der Waals surface area contributed by atoms with Crippen LogP contribution in [0.15, 0.2) is 12.7 Å². The van der Waals surface area contributed by atoms with Crippen LogP contribution in [0.1, 0.15) is 19.3 Å². The topological polar surface area (TPSA) is 57.6 Å². The highest BCUT2D eigenvalue weighted by Gasteiger charge is 2.14. The highest BCUT2D eigenvalue weighted by atomic mass is 32.2. The molecule has 0 radical (unpaired) electrons. The number of aliphatic hydroxyl groups excluding tert-OH is 1. The van der Waals surface area contributed by atoms with Crippen LogP contribution in [0.2, 0.25) is 0 Å². The number of sulfonamides is 1. The lowest BCUT2D eigenvalue weighted by Crippen LogP contribution is -2.29. The van der Waals surface area contributed by atoms with Gasteiger partial charge in [-0.2, -0.15) is 0 Å². The molecule has 0 atom stereocenters. The van der Waals surface area contributed by atoms with Gasteiger partial charge in [0.1, 0.15) is 0 Å². The van der Waals surface area contributed by atoms with Crippen molar-refractivity contribution in [2.75, 3.05) is 26.0 Å². The third-order valence-electron chi connectivity index (χ3n) is 1.93. The number of hydrogen-bond donors (Lipinski definition) is 1. The van der Waals surface area contributed by atoms with E-state index in [1.807, 2.05) is 0 Å². The van der Waals surface area contributed by atoms with E-state index >= 15 is 0 Å². The Labute approximate surface area is 86.3 Å². The number of nitrogens with zero attached hydrogens (tertiary/aromatic N) is 1. The molecule has 4 nitrogen and oxygen atoms in total. The molecule has 0 aromatic carbocycles. The third kappa shape index (κ3) is 5.36. The van der Waals surface area contributed by atoms with Crippen LogP contribution in [0.4, 0.5) is 0 Å². The van der Waals surface area contributed by atoms with Gasteiger partial charge in [-0.15, -0.1) is 6.58 Å². The molecule has 0 amide bonds. The Morgan fingerprint density at radius 2 is 2.00 bits per heavy atom. The van der Waals surface area contributed by atoms with E-state index in [1.165, 1.54) is 10.4 Å². The van der Waals surface area contributed by atoms with Crippen molar-refractivity contribution in [3.63, 3.8) is 0 Å². The highest BCUT2D eigenvalue weighted by Crippen LogP contribution is 2.02. The summed E-state index contributed by atoms with van der Waals surface area (Å²) in [6.45, 7) is 4.08. The molecule has 0 heterocycles. The number of hydrogen-bond acceptors (Lipinski definition) is 3. The standard InChI is InChI=1S/C9H19NO3S/c1-3-9-14(12,13)10(2)7-5-4-6-8-11/h3,11H,1,4-9H2,2H3. The van der Waals surface area contributed by atoms with Gasteiger partial charge in [-0.1, -0.05) is 6.08 Å². The maximum absolute atomic E-state index is 11.4. The molecule has 0 unspecified atom stereocenters. The fraction of sp³-hybridized carbons (Fsp3) is 0.778. The van der Waals surface area contributed by atoms with E-state index < -0.39 is 10.0 Å². The summed E-state index contributed by atoms with van der Waals surface area (Å²) in [4.78, 5) is 0. The monoisotopic (exact) mass is 221 g/mol. The van der Waals surface area contributed by atoms with E-state index in [1.54, 1.807) is 7.05 Å². The van der Waals surface area contributed by atoms with Crippen molar-refractivity contribution in [2.24, 2.45) is 0 Å². The summed E-state index contributed by atoms with van der Waals surface area (Å²) in [5, 5.41) is 8.53. The molecule has 5 heteroatoms. The fourth-order valence-corrected chi connectivity index (χ4v) is 2.00. The first-order chi connectivity index (χ1) is 6.54. The Hall–Kier alpha value is -0.390. The molecular weight excluding hydrogens is 202 g/mol. The molecule has 0 aliphatic rings. The number of rotatable bonds is 8. The average molecular weight is 221 g/mol. The van der Waals surface area contributed by atoms with E-state index in [4.69, 9.17) is 5.11 Å². The zero-order chi connectivity index (χ0) is 11.0. The molecule has 0 saturated carbocycles. The molecule has 0 spiro atoms. The zero-order valence-electron chi connectivity index (χ0n) is 8.65. The minimum atomic E-state index is -3.14. The summed E-state index contributed by atoms with van der Waals surface area (Å²) >= 11 is 0. The van der Waals surface area contributed by atoms with E-state index in [-0.39, 0.29) is 12.4 Å². The second-order valence-corrected chi connectivity index (χ2v) is 5.29. The summed E-state index contributed by atoms with van der Waals surface area (Å²) in [6.07, 6.45) is 3.76. The Morgan fingerprint density at radius 1 is 1.36 bits per heavy atom. The van der Waals surface area contributed by atoms with E-state index in [0.29, 0.717) is 6.54 Å². The van der Waals surface area contributed by atoms with Gasteiger partial charge in [-0.05, 0) is 19.3 Å². The first kappa shape index (κ1) is 13.6. The molecule has 0 aliphatic heterocycles. The summed E-state index contributed by atoms with van der Waals surface area (Å²) in [5.74, 6) is -0.0104. The smallest absolute Gasteiger partial charge is 0.217 e. The molecule has 0 saturated heterocycles. The maximum atomic E-state index is 11.4. The predicted octanol–water partition coefficient (Wildman–Crippen LogP) is 0.597. The Morgan fingerprint density at radius 3 is 2.50 bits per heavy atom. The minimum Gasteiger partial charge on any atom is -0.396 e. The van der Waals surface area contributed by atoms with Crippen molar-refractivity contribution in [3.8, 4) is 0 Å². The molecule has 0 aromatic rings. The largest absolute Gasteiger partial charge is 0.396 e. The van der Waals surface area contributed by atoms with Crippen LogP contribution < -0.4 is 0 Å². The number of aliphatic hydroxyl groups is 1. The molecule has 84 valence electrons. The van der Waals surface area contributed by atoms with Crippen LogP contribution in [0.5, 0.6) is 0 Å². The zero-order valence-corrected chi connectivity index (χ0v) is 9.46. The van der Waals surface area contributed by atoms with Crippen molar-refractivity contribution in [1.82, 2.24) is 4.31 Å². The lowest BCUT2D eigenvalue weighted by atomic mass is 10.2. The summed E-state index contributed by atoms with van der Waals surface area (Å²) in [7, 11) is -1.58.